The van der Waals surface area contributed by atoms with E-state index in [9.17, 15) is 14.7 Å². The van der Waals surface area contributed by atoms with Crippen molar-refractivity contribution in [2.75, 3.05) is 44.3 Å². The van der Waals surface area contributed by atoms with Crippen LogP contribution in [0.3, 0.4) is 0 Å². The largest absolute Gasteiger partial charge is 0.506 e. The maximum Gasteiger partial charge on any atom is 0.255 e. The van der Waals surface area contributed by atoms with E-state index in [-0.39, 0.29) is 22.6 Å². The van der Waals surface area contributed by atoms with Crippen molar-refractivity contribution in [1.29, 1.82) is 0 Å². The minimum atomic E-state index is -0.154. The van der Waals surface area contributed by atoms with Gasteiger partial charge < -0.3 is 19.6 Å². The lowest BCUT2D eigenvalue weighted by molar-refractivity contribution is 0.0662. The molecule has 2 aromatic rings. The highest BCUT2D eigenvalue weighted by Crippen LogP contribution is 2.44. The van der Waals surface area contributed by atoms with Gasteiger partial charge in [-0.15, -0.1) is 0 Å². The van der Waals surface area contributed by atoms with Gasteiger partial charge in [0.1, 0.15) is 5.75 Å². The fourth-order valence-electron chi connectivity index (χ4n) is 4.92. The highest BCUT2D eigenvalue weighted by Gasteiger charge is 2.45. The molecule has 4 heterocycles. The van der Waals surface area contributed by atoms with E-state index in [2.05, 4.69) is 14.9 Å². The topological polar surface area (TPSA) is 112 Å². The first-order valence-corrected chi connectivity index (χ1v) is 10.5. The molecule has 0 aromatic carbocycles. The molecule has 1 aliphatic carbocycles. The number of nitrogens with zero attached hydrogens (tertiary/aromatic N) is 4. The third kappa shape index (κ3) is 3.23. The van der Waals surface area contributed by atoms with Gasteiger partial charge in [-0.05, 0) is 31.7 Å². The minimum Gasteiger partial charge on any atom is -0.506 e. The molecule has 1 amide bonds. The Hall–Kier alpha value is -2.94. The van der Waals surface area contributed by atoms with Gasteiger partial charge >= 0.3 is 0 Å². The molecular weight excluding hydrogens is 386 g/mol. The average molecular weight is 411 g/mol. The molecule has 158 valence electrons. The zero-order valence-corrected chi connectivity index (χ0v) is 16.8. The number of likely N-dealkylation sites (tertiary alicyclic amines) is 1. The van der Waals surface area contributed by atoms with Crippen molar-refractivity contribution in [3.8, 4) is 5.75 Å². The summed E-state index contributed by atoms with van der Waals surface area (Å²) in [7, 11) is 0. The predicted octanol–water partition coefficient (Wildman–Crippen LogP) is 0.827. The molecule has 2 aromatic heterocycles. The molecular formula is C21H25N5O4. The molecule has 2 aliphatic heterocycles. The number of aromatic nitrogens is 3. The summed E-state index contributed by atoms with van der Waals surface area (Å²) in [6.07, 6.45) is 5.96. The van der Waals surface area contributed by atoms with E-state index in [1.54, 1.807) is 4.90 Å². The molecule has 5 rings (SSSR count). The summed E-state index contributed by atoms with van der Waals surface area (Å²) in [4.78, 5) is 41.2. The van der Waals surface area contributed by atoms with Crippen LogP contribution in [-0.2, 0) is 16.6 Å². The number of ether oxygens (including phenoxy) is 1. The van der Waals surface area contributed by atoms with Crippen LogP contribution in [0.1, 0.15) is 40.9 Å². The Balaban J connectivity index is 1.37. The summed E-state index contributed by atoms with van der Waals surface area (Å²) in [6.45, 7) is 3.88. The van der Waals surface area contributed by atoms with Crippen LogP contribution in [0.25, 0.3) is 0 Å². The smallest absolute Gasteiger partial charge is 0.255 e. The number of anilines is 1. The van der Waals surface area contributed by atoms with Gasteiger partial charge in [-0.25, -0.2) is 4.98 Å². The van der Waals surface area contributed by atoms with E-state index in [0.717, 1.165) is 50.0 Å². The molecule has 2 saturated heterocycles. The second-order valence-electron chi connectivity index (χ2n) is 8.32. The maximum absolute atomic E-state index is 12.8. The summed E-state index contributed by atoms with van der Waals surface area (Å²) in [6, 6.07) is 1.44. The number of morpholine rings is 1. The fraction of sp³-hybridized carbons (Fsp3) is 0.524. The SMILES string of the molecule is O=C(c1cncc(O)c1)N1CCC2(CCc3c2nc(N2CCOCC2)[nH]c3=O)CC1. The second kappa shape index (κ2) is 7.39. The van der Waals surface area contributed by atoms with Gasteiger partial charge in [-0.3, -0.25) is 19.6 Å². The Labute approximate surface area is 173 Å². The highest BCUT2D eigenvalue weighted by atomic mass is 16.5. The summed E-state index contributed by atoms with van der Waals surface area (Å²) >= 11 is 0. The highest BCUT2D eigenvalue weighted by molar-refractivity contribution is 5.94. The molecule has 0 radical (unpaired) electrons. The van der Waals surface area contributed by atoms with Crippen molar-refractivity contribution in [3.05, 3.63) is 45.6 Å². The minimum absolute atomic E-state index is 0.0156. The molecule has 3 aliphatic rings. The van der Waals surface area contributed by atoms with Crippen LogP contribution < -0.4 is 10.5 Å². The zero-order valence-electron chi connectivity index (χ0n) is 16.8. The number of aromatic hydroxyl groups is 1. The van der Waals surface area contributed by atoms with Crippen molar-refractivity contribution in [2.24, 2.45) is 0 Å². The number of nitrogens with one attached hydrogen (secondary N) is 1. The van der Waals surface area contributed by atoms with E-state index in [1.165, 1.54) is 18.5 Å². The summed E-state index contributed by atoms with van der Waals surface area (Å²) in [5.74, 6) is 0.491. The molecule has 9 nitrogen and oxygen atoms in total. The quantitative estimate of drug-likeness (QED) is 0.753. The Kier molecular flexibility index (Phi) is 4.69. The van der Waals surface area contributed by atoms with Crippen LogP contribution in [-0.4, -0.2) is 70.3 Å². The monoisotopic (exact) mass is 411 g/mol. The zero-order chi connectivity index (χ0) is 20.7. The molecule has 0 atom stereocenters. The molecule has 0 saturated carbocycles. The van der Waals surface area contributed by atoms with Crippen molar-refractivity contribution in [1.82, 2.24) is 19.9 Å². The Bertz CT molecular complexity index is 1020. The average Bonchev–Trinajstić information content (AvgIpc) is 3.13. The Morgan fingerprint density at radius 1 is 1.13 bits per heavy atom. The van der Waals surface area contributed by atoms with Crippen LogP contribution in [0.15, 0.2) is 23.3 Å². The van der Waals surface area contributed by atoms with Gasteiger partial charge in [0.2, 0.25) is 5.95 Å². The lowest BCUT2D eigenvalue weighted by atomic mass is 9.76. The molecule has 2 fully saturated rings. The first-order chi connectivity index (χ1) is 14.6. The van der Waals surface area contributed by atoms with Gasteiger partial charge in [0, 0.05) is 43.4 Å². The normalized spacial score (nSPS) is 20.4. The first-order valence-electron chi connectivity index (χ1n) is 10.5. The lowest BCUT2D eigenvalue weighted by Gasteiger charge is -2.39. The van der Waals surface area contributed by atoms with Crippen molar-refractivity contribution < 1.29 is 14.6 Å². The molecule has 1 spiro atoms. The third-order valence-electron chi connectivity index (χ3n) is 6.65. The van der Waals surface area contributed by atoms with Gasteiger partial charge in [0.05, 0.1) is 30.7 Å². The Morgan fingerprint density at radius 3 is 2.63 bits per heavy atom. The van der Waals surface area contributed by atoms with Gasteiger partial charge in [-0.1, -0.05) is 0 Å². The number of pyridine rings is 1. The van der Waals surface area contributed by atoms with E-state index in [1.807, 2.05) is 0 Å². The van der Waals surface area contributed by atoms with Crippen LogP contribution in [0.2, 0.25) is 0 Å². The summed E-state index contributed by atoms with van der Waals surface area (Å²) in [5, 5.41) is 9.61. The number of fused-ring (bicyclic) bond motifs is 2. The van der Waals surface area contributed by atoms with Crippen molar-refractivity contribution in [3.63, 3.8) is 0 Å². The number of hydrogen-bond donors (Lipinski definition) is 2. The van der Waals surface area contributed by atoms with Gasteiger partial charge in [0.25, 0.3) is 11.5 Å². The molecule has 9 heteroatoms. The van der Waals surface area contributed by atoms with Crippen molar-refractivity contribution >= 4 is 11.9 Å². The van der Waals surface area contributed by atoms with E-state index in [0.29, 0.717) is 37.8 Å². The number of hydrogen-bond acceptors (Lipinski definition) is 7. The van der Waals surface area contributed by atoms with E-state index < -0.39 is 0 Å². The van der Waals surface area contributed by atoms with E-state index >= 15 is 0 Å². The number of H-pyrrole nitrogens is 1. The number of amides is 1. The number of carbonyl (C=O) groups excluding carboxylic acids is 1. The van der Waals surface area contributed by atoms with Crippen LogP contribution in [0, 0.1) is 0 Å². The predicted molar refractivity (Wildman–Crippen MR) is 109 cm³/mol. The molecule has 2 N–H and O–H groups in total. The van der Waals surface area contributed by atoms with Gasteiger partial charge in [0.15, 0.2) is 0 Å². The fourth-order valence-corrected chi connectivity index (χ4v) is 4.92. The summed E-state index contributed by atoms with van der Waals surface area (Å²) < 4.78 is 5.41. The maximum atomic E-state index is 12.8. The summed E-state index contributed by atoms with van der Waals surface area (Å²) in [5.41, 5.74) is 1.91. The van der Waals surface area contributed by atoms with Gasteiger partial charge in [-0.2, -0.15) is 0 Å². The molecule has 0 unspecified atom stereocenters. The molecule has 0 bridgehead atoms. The van der Waals surface area contributed by atoms with Crippen LogP contribution >= 0.6 is 0 Å². The van der Waals surface area contributed by atoms with Crippen LogP contribution in [0.4, 0.5) is 5.95 Å². The lowest BCUT2D eigenvalue weighted by Crippen LogP contribution is -2.45. The number of piperidine rings is 1. The van der Waals surface area contributed by atoms with Crippen molar-refractivity contribution in [2.45, 2.75) is 31.1 Å². The Morgan fingerprint density at radius 2 is 1.90 bits per heavy atom. The molecule has 30 heavy (non-hydrogen) atoms. The third-order valence-corrected chi connectivity index (χ3v) is 6.65. The number of carbonyl (C=O) groups is 1. The van der Waals surface area contributed by atoms with Crippen LogP contribution in [0.5, 0.6) is 5.75 Å². The second-order valence-corrected chi connectivity index (χ2v) is 8.32. The first kappa shape index (κ1) is 19.0. The van der Waals surface area contributed by atoms with E-state index in [4.69, 9.17) is 9.72 Å². The standard InChI is InChI=1S/C21H25N5O4/c27-15-11-14(12-22-13-15)19(29)25-5-3-21(4-6-25)2-1-16-17(21)23-20(24-18(16)28)26-7-9-30-10-8-26/h11-13,27H,1-10H2,(H,23,24,28). The number of rotatable bonds is 2. The number of aromatic amines is 1.